The summed E-state index contributed by atoms with van der Waals surface area (Å²) >= 11 is 0. The summed E-state index contributed by atoms with van der Waals surface area (Å²) in [5.41, 5.74) is 0. The third kappa shape index (κ3) is 1.86. The van der Waals surface area contributed by atoms with Gasteiger partial charge < -0.3 is 4.74 Å². The predicted octanol–water partition coefficient (Wildman–Crippen LogP) is 1.79. The first-order valence-electron chi connectivity index (χ1n) is 4.48. The van der Waals surface area contributed by atoms with E-state index in [4.69, 9.17) is 4.74 Å². The van der Waals surface area contributed by atoms with Crippen molar-refractivity contribution in [3.05, 3.63) is 24.5 Å². The fourth-order valence-corrected chi connectivity index (χ4v) is 1.25. The van der Waals surface area contributed by atoms with Crippen molar-refractivity contribution in [2.75, 3.05) is 0 Å². The second-order valence-corrected chi connectivity index (χ2v) is 3.24. The Morgan fingerprint density at radius 3 is 2.92 bits per heavy atom. The van der Waals surface area contributed by atoms with Gasteiger partial charge >= 0.3 is 5.97 Å². The van der Waals surface area contributed by atoms with E-state index in [2.05, 4.69) is 4.98 Å². The lowest BCUT2D eigenvalue weighted by Crippen LogP contribution is -2.26. The van der Waals surface area contributed by atoms with Crippen molar-refractivity contribution in [3.63, 3.8) is 0 Å². The molecule has 3 nitrogen and oxygen atoms in total. The highest BCUT2D eigenvalue weighted by Gasteiger charge is 2.26. The van der Waals surface area contributed by atoms with Gasteiger partial charge in [0.15, 0.2) is 0 Å². The topological polar surface area (TPSA) is 39.2 Å². The number of pyridine rings is 1. The van der Waals surface area contributed by atoms with Gasteiger partial charge in [-0.2, -0.15) is 0 Å². The number of carbonyl (C=O) groups excluding carboxylic acids is 1. The molecule has 0 spiro atoms. The molecule has 13 heavy (non-hydrogen) atoms. The molecule has 68 valence electrons. The number of nitrogens with zero attached hydrogens (tertiary/aromatic N) is 1. The number of rotatable bonds is 2. The Morgan fingerprint density at radius 1 is 1.54 bits per heavy atom. The van der Waals surface area contributed by atoms with Crippen molar-refractivity contribution in [2.45, 2.75) is 19.3 Å². The maximum atomic E-state index is 11.3. The Hall–Kier alpha value is -1.38. The summed E-state index contributed by atoms with van der Waals surface area (Å²) in [7, 11) is 0. The minimum atomic E-state index is -0.112. The molecule has 0 radical (unpaired) electrons. The summed E-state index contributed by atoms with van der Waals surface area (Å²) in [6, 6.07) is 3.49. The molecule has 3 heteroatoms. The molecule has 1 aromatic rings. The van der Waals surface area contributed by atoms with Crippen LogP contribution in [-0.4, -0.2) is 11.0 Å². The smallest absolute Gasteiger partial charge is 0.314 e. The normalized spacial score (nSPS) is 16.3. The zero-order valence-electron chi connectivity index (χ0n) is 7.27. The molecule has 0 aromatic carbocycles. The number of hydrogen-bond acceptors (Lipinski definition) is 3. The van der Waals surface area contributed by atoms with E-state index in [0.717, 1.165) is 19.3 Å². The largest absolute Gasteiger partial charge is 0.425 e. The highest BCUT2D eigenvalue weighted by atomic mass is 16.5. The van der Waals surface area contributed by atoms with Crippen LogP contribution in [0.2, 0.25) is 0 Å². The molecule has 2 rings (SSSR count). The highest BCUT2D eigenvalue weighted by molar-refractivity contribution is 5.75. The highest BCUT2D eigenvalue weighted by Crippen LogP contribution is 2.27. The van der Waals surface area contributed by atoms with Crippen LogP contribution in [0.5, 0.6) is 5.75 Å². The molecular formula is C10H11NO2. The lowest BCUT2D eigenvalue weighted by molar-refractivity contribution is -0.141. The molecule has 1 aliphatic carbocycles. The van der Waals surface area contributed by atoms with E-state index in [1.807, 2.05) is 0 Å². The van der Waals surface area contributed by atoms with Gasteiger partial charge in [-0.25, -0.2) is 0 Å². The van der Waals surface area contributed by atoms with Crippen LogP contribution < -0.4 is 4.74 Å². The van der Waals surface area contributed by atoms with E-state index in [0.29, 0.717) is 5.75 Å². The first-order chi connectivity index (χ1) is 6.36. The van der Waals surface area contributed by atoms with Crippen LogP contribution in [0.25, 0.3) is 0 Å². The summed E-state index contributed by atoms with van der Waals surface area (Å²) in [6.07, 6.45) is 6.29. The van der Waals surface area contributed by atoms with Gasteiger partial charge in [0.05, 0.1) is 12.1 Å². The van der Waals surface area contributed by atoms with Crippen LogP contribution in [0.4, 0.5) is 0 Å². The second-order valence-electron chi connectivity index (χ2n) is 3.24. The van der Waals surface area contributed by atoms with Crippen molar-refractivity contribution in [2.24, 2.45) is 5.92 Å². The maximum absolute atomic E-state index is 11.3. The molecule has 1 fully saturated rings. The van der Waals surface area contributed by atoms with Crippen molar-refractivity contribution in [3.8, 4) is 5.75 Å². The van der Waals surface area contributed by atoms with E-state index in [1.54, 1.807) is 24.5 Å². The third-order valence-corrected chi connectivity index (χ3v) is 2.29. The molecular weight excluding hydrogens is 166 g/mol. The van der Waals surface area contributed by atoms with Crippen molar-refractivity contribution in [1.82, 2.24) is 4.98 Å². The summed E-state index contributed by atoms with van der Waals surface area (Å²) in [5.74, 6) is 0.554. The van der Waals surface area contributed by atoms with Gasteiger partial charge in [-0.05, 0) is 25.0 Å². The Bertz CT molecular complexity index is 293. The van der Waals surface area contributed by atoms with Crippen LogP contribution in [0.3, 0.4) is 0 Å². The third-order valence-electron chi connectivity index (χ3n) is 2.29. The molecule has 0 amide bonds. The van der Waals surface area contributed by atoms with E-state index >= 15 is 0 Å². The van der Waals surface area contributed by atoms with E-state index in [-0.39, 0.29) is 11.9 Å². The molecule has 0 bridgehead atoms. The first kappa shape index (κ1) is 8.23. The van der Waals surface area contributed by atoms with E-state index in [9.17, 15) is 4.79 Å². The average Bonchev–Trinajstić information content (AvgIpc) is 2.02. The Balaban J connectivity index is 1.94. The molecule has 1 aliphatic rings. The van der Waals surface area contributed by atoms with Crippen molar-refractivity contribution < 1.29 is 9.53 Å². The van der Waals surface area contributed by atoms with E-state index < -0.39 is 0 Å². The Morgan fingerprint density at radius 2 is 2.38 bits per heavy atom. The van der Waals surface area contributed by atoms with Crippen LogP contribution in [0.1, 0.15) is 19.3 Å². The van der Waals surface area contributed by atoms with E-state index in [1.165, 1.54) is 0 Å². The number of ether oxygens (including phenoxy) is 1. The number of hydrogen-bond donors (Lipinski definition) is 0. The fourth-order valence-electron chi connectivity index (χ4n) is 1.25. The molecule has 0 saturated heterocycles. The summed E-state index contributed by atoms with van der Waals surface area (Å²) < 4.78 is 5.12. The maximum Gasteiger partial charge on any atom is 0.314 e. The molecule has 0 unspecified atom stereocenters. The predicted molar refractivity (Wildman–Crippen MR) is 47.2 cm³/mol. The summed E-state index contributed by atoms with van der Waals surface area (Å²) in [4.78, 5) is 15.2. The summed E-state index contributed by atoms with van der Waals surface area (Å²) in [6.45, 7) is 0. The van der Waals surface area contributed by atoms with Crippen LogP contribution in [0.15, 0.2) is 24.5 Å². The van der Waals surface area contributed by atoms with Gasteiger partial charge in [0.25, 0.3) is 0 Å². The second kappa shape index (κ2) is 3.56. The number of esters is 1. The zero-order chi connectivity index (χ0) is 9.10. The minimum Gasteiger partial charge on any atom is -0.425 e. The summed E-state index contributed by atoms with van der Waals surface area (Å²) in [5, 5.41) is 0. The van der Waals surface area contributed by atoms with Gasteiger partial charge in [-0.1, -0.05) is 6.42 Å². The fraction of sp³-hybridized carbons (Fsp3) is 0.400. The lowest BCUT2D eigenvalue weighted by atomic mass is 9.86. The molecule has 1 aromatic heterocycles. The Labute approximate surface area is 76.7 Å². The standard InChI is InChI=1S/C10H11NO2/c12-10(8-3-1-4-8)13-9-5-2-6-11-7-9/h2,5-8H,1,3-4H2. The van der Waals surface area contributed by atoms with Gasteiger partial charge in [0, 0.05) is 6.20 Å². The number of aromatic nitrogens is 1. The van der Waals surface area contributed by atoms with Crippen LogP contribution >= 0.6 is 0 Å². The number of carbonyl (C=O) groups is 1. The minimum absolute atomic E-state index is 0.112. The zero-order valence-corrected chi connectivity index (χ0v) is 7.27. The average molecular weight is 177 g/mol. The molecule has 0 N–H and O–H groups in total. The van der Waals surface area contributed by atoms with Gasteiger partial charge in [0.2, 0.25) is 0 Å². The quantitative estimate of drug-likeness (QED) is 0.646. The first-order valence-corrected chi connectivity index (χ1v) is 4.48. The molecule has 1 heterocycles. The van der Waals surface area contributed by atoms with Crippen molar-refractivity contribution >= 4 is 5.97 Å². The SMILES string of the molecule is O=C(Oc1cccnc1)C1CCC1. The molecule has 0 aliphatic heterocycles. The molecule has 1 saturated carbocycles. The monoisotopic (exact) mass is 177 g/mol. The Kier molecular flexibility index (Phi) is 2.25. The van der Waals surface area contributed by atoms with Gasteiger partial charge in [0.1, 0.15) is 5.75 Å². The lowest BCUT2D eigenvalue weighted by Gasteiger charge is -2.22. The van der Waals surface area contributed by atoms with Gasteiger partial charge in [-0.15, -0.1) is 0 Å². The molecule has 0 atom stereocenters. The van der Waals surface area contributed by atoms with Crippen LogP contribution in [-0.2, 0) is 4.79 Å². The van der Waals surface area contributed by atoms with Crippen LogP contribution in [0, 0.1) is 5.92 Å². The van der Waals surface area contributed by atoms with Gasteiger partial charge in [-0.3, -0.25) is 9.78 Å². The van der Waals surface area contributed by atoms with Crippen molar-refractivity contribution in [1.29, 1.82) is 0 Å².